The maximum atomic E-state index is 12.0. The molecular weight excluding hydrogens is 278 g/mol. The summed E-state index contributed by atoms with van der Waals surface area (Å²) in [7, 11) is 0. The molecule has 1 aliphatic rings. The molecule has 5 heteroatoms. The van der Waals surface area contributed by atoms with E-state index in [1.165, 1.54) is 5.56 Å². The molecule has 1 aromatic rings. The zero-order chi connectivity index (χ0) is 15.9. The third-order valence-corrected chi connectivity index (χ3v) is 3.93. The maximum absolute atomic E-state index is 12.0. The Bertz CT molecular complexity index is 567. The lowest BCUT2D eigenvalue weighted by Gasteiger charge is -2.32. The molecule has 5 nitrogen and oxygen atoms in total. The van der Waals surface area contributed by atoms with Gasteiger partial charge in [-0.3, -0.25) is 9.59 Å². The van der Waals surface area contributed by atoms with Crippen LogP contribution in [0.5, 0.6) is 0 Å². The summed E-state index contributed by atoms with van der Waals surface area (Å²) < 4.78 is 0. The van der Waals surface area contributed by atoms with Crippen molar-refractivity contribution < 1.29 is 9.59 Å². The highest BCUT2D eigenvalue weighted by Gasteiger charge is 2.23. The van der Waals surface area contributed by atoms with E-state index in [2.05, 4.69) is 5.32 Å². The number of amides is 2. The van der Waals surface area contributed by atoms with Gasteiger partial charge in [0.25, 0.3) is 0 Å². The van der Waals surface area contributed by atoms with E-state index >= 15 is 0 Å². The van der Waals surface area contributed by atoms with Crippen molar-refractivity contribution in [1.29, 1.82) is 5.26 Å². The van der Waals surface area contributed by atoms with E-state index in [1.807, 2.05) is 37.3 Å². The molecule has 22 heavy (non-hydrogen) atoms. The Morgan fingerprint density at radius 3 is 2.50 bits per heavy atom. The second-order valence-electron chi connectivity index (χ2n) is 5.72. The Balaban J connectivity index is 1.76. The number of likely N-dealkylation sites (tertiary alicyclic amines) is 1. The molecule has 1 aliphatic heterocycles. The molecule has 0 aromatic heterocycles. The summed E-state index contributed by atoms with van der Waals surface area (Å²) in [5.74, 6) is -0.0995. The molecule has 116 valence electrons. The molecule has 1 aromatic carbocycles. The molecule has 0 saturated carbocycles. The first kappa shape index (κ1) is 16.0. The first-order valence-electron chi connectivity index (χ1n) is 7.58. The molecule has 2 amide bonds. The smallest absolute Gasteiger partial charge is 0.236 e. The number of nitriles is 1. The number of benzene rings is 1. The molecule has 0 aliphatic carbocycles. The van der Waals surface area contributed by atoms with Crippen LogP contribution in [0.3, 0.4) is 0 Å². The molecule has 0 spiro atoms. The molecular formula is C17H21N3O2. The van der Waals surface area contributed by atoms with E-state index in [0.29, 0.717) is 19.5 Å². The van der Waals surface area contributed by atoms with Crippen molar-refractivity contribution in [2.45, 2.75) is 38.6 Å². The van der Waals surface area contributed by atoms with E-state index in [0.717, 1.165) is 18.4 Å². The minimum absolute atomic E-state index is 0.0191. The average molecular weight is 299 g/mol. The first-order chi connectivity index (χ1) is 10.6. The highest BCUT2D eigenvalue weighted by molar-refractivity contribution is 5.79. The fourth-order valence-electron chi connectivity index (χ4n) is 2.62. The lowest BCUT2D eigenvalue weighted by Crippen LogP contribution is -2.46. The van der Waals surface area contributed by atoms with Crippen LogP contribution in [0.4, 0.5) is 0 Å². The van der Waals surface area contributed by atoms with Gasteiger partial charge in [-0.15, -0.1) is 0 Å². The molecule has 1 saturated heterocycles. The second kappa shape index (κ2) is 7.60. The number of nitrogens with one attached hydrogen (secondary N) is 1. The largest absolute Gasteiger partial charge is 0.353 e. The highest BCUT2D eigenvalue weighted by atomic mass is 16.2. The Morgan fingerprint density at radius 2 is 1.91 bits per heavy atom. The number of hydrogen-bond acceptors (Lipinski definition) is 3. The zero-order valence-electron chi connectivity index (χ0n) is 12.8. The number of rotatable bonds is 4. The first-order valence-corrected chi connectivity index (χ1v) is 7.58. The molecule has 1 heterocycles. The van der Waals surface area contributed by atoms with Crippen LogP contribution >= 0.6 is 0 Å². The van der Waals surface area contributed by atoms with E-state index in [4.69, 9.17) is 5.26 Å². The highest BCUT2D eigenvalue weighted by Crippen LogP contribution is 2.12. The molecule has 1 fully saturated rings. The second-order valence-corrected chi connectivity index (χ2v) is 5.72. The van der Waals surface area contributed by atoms with Gasteiger partial charge in [0.2, 0.25) is 11.8 Å². The van der Waals surface area contributed by atoms with Crippen LogP contribution in [0.15, 0.2) is 24.3 Å². The summed E-state index contributed by atoms with van der Waals surface area (Å²) in [6.45, 7) is 3.23. The number of carbonyl (C=O) groups is 2. The molecule has 0 unspecified atom stereocenters. The topological polar surface area (TPSA) is 73.2 Å². The van der Waals surface area contributed by atoms with Gasteiger partial charge in [0.05, 0.1) is 12.5 Å². The van der Waals surface area contributed by atoms with Crippen LogP contribution in [0.2, 0.25) is 0 Å². The van der Waals surface area contributed by atoms with E-state index in [1.54, 1.807) is 4.90 Å². The van der Waals surface area contributed by atoms with E-state index in [9.17, 15) is 9.59 Å². The fourth-order valence-corrected chi connectivity index (χ4v) is 2.62. The van der Waals surface area contributed by atoms with Crippen molar-refractivity contribution in [2.24, 2.45) is 0 Å². The summed E-state index contributed by atoms with van der Waals surface area (Å²) in [6.07, 6.45) is 1.81. The van der Waals surface area contributed by atoms with Crippen molar-refractivity contribution in [1.82, 2.24) is 10.2 Å². The Morgan fingerprint density at radius 1 is 1.27 bits per heavy atom. The summed E-state index contributed by atoms with van der Waals surface area (Å²) in [5, 5.41) is 11.6. The van der Waals surface area contributed by atoms with Crippen molar-refractivity contribution >= 4 is 11.8 Å². The van der Waals surface area contributed by atoms with Gasteiger partial charge in [-0.1, -0.05) is 29.8 Å². The summed E-state index contributed by atoms with van der Waals surface area (Å²) in [5.41, 5.74) is 2.18. The van der Waals surface area contributed by atoms with Crippen LogP contribution < -0.4 is 5.32 Å². The quantitative estimate of drug-likeness (QED) is 0.917. The predicted molar refractivity (Wildman–Crippen MR) is 82.9 cm³/mol. The van der Waals surface area contributed by atoms with Gasteiger partial charge in [-0.25, -0.2) is 0 Å². The van der Waals surface area contributed by atoms with Crippen molar-refractivity contribution in [2.75, 3.05) is 13.1 Å². The fraction of sp³-hybridized carbons (Fsp3) is 0.471. The van der Waals surface area contributed by atoms with Gasteiger partial charge in [0.1, 0.15) is 6.42 Å². The van der Waals surface area contributed by atoms with Crippen molar-refractivity contribution in [3.8, 4) is 6.07 Å². The van der Waals surface area contributed by atoms with Gasteiger partial charge in [-0.05, 0) is 25.3 Å². The van der Waals surface area contributed by atoms with Crippen LogP contribution in [0, 0.1) is 18.3 Å². The van der Waals surface area contributed by atoms with Gasteiger partial charge >= 0.3 is 0 Å². The van der Waals surface area contributed by atoms with Gasteiger partial charge < -0.3 is 10.2 Å². The number of hydrogen-bond donors (Lipinski definition) is 1. The Labute approximate surface area is 130 Å². The van der Waals surface area contributed by atoms with Crippen LogP contribution in [-0.4, -0.2) is 35.8 Å². The monoisotopic (exact) mass is 299 g/mol. The third kappa shape index (κ3) is 4.59. The van der Waals surface area contributed by atoms with Gasteiger partial charge in [-0.2, -0.15) is 5.26 Å². The summed E-state index contributed by atoms with van der Waals surface area (Å²) in [6, 6.07) is 9.94. The number of nitrogens with zero attached hydrogens (tertiary/aromatic N) is 2. The average Bonchev–Trinajstić information content (AvgIpc) is 2.50. The lowest BCUT2D eigenvalue weighted by molar-refractivity contribution is -0.131. The van der Waals surface area contributed by atoms with Crippen molar-refractivity contribution in [3.05, 3.63) is 35.4 Å². The zero-order valence-corrected chi connectivity index (χ0v) is 12.8. The van der Waals surface area contributed by atoms with Gasteiger partial charge in [0.15, 0.2) is 0 Å². The standard InChI is InChI=1S/C17H21N3O2/c1-13-2-4-14(5-3-13)12-16(21)19-15-7-10-20(11-8-15)17(22)6-9-18/h2-5,15H,6-8,10-12H2,1H3,(H,19,21). The molecule has 0 atom stereocenters. The molecule has 2 rings (SSSR count). The summed E-state index contributed by atoms with van der Waals surface area (Å²) in [4.78, 5) is 25.4. The number of aryl methyl sites for hydroxylation is 1. The third-order valence-electron chi connectivity index (χ3n) is 3.93. The molecule has 0 radical (unpaired) electrons. The van der Waals surface area contributed by atoms with Crippen LogP contribution in [0.1, 0.15) is 30.4 Å². The molecule has 0 bridgehead atoms. The lowest BCUT2D eigenvalue weighted by atomic mass is 10.0. The van der Waals surface area contributed by atoms with Crippen molar-refractivity contribution in [3.63, 3.8) is 0 Å². The number of piperidine rings is 1. The predicted octanol–water partition coefficient (Wildman–Crippen LogP) is 1.56. The van der Waals surface area contributed by atoms with Crippen LogP contribution in [-0.2, 0) is 16.0 Å². The molecule has 1 N–H and O–H groups in total. The minimum atomic E-state index is -0.119. The Kier molecular flexibility index (Phi) is 5.54. The van der Waals surface area contributed by atoms with Crippen LogP contribution in [0.25, 0.3) is 0 Å². The van der Waals surface area contributed by atoms with E-state index in [-0.39, 0.29) is 24.3 Å². The Hall–Kier alpha value is -2.35. The summed E-state index contributed by atoms with van der Waals surface area (Å²) >= 11 is 0. The maximum Gasteiger partial charge on any atom is 0.236 e. The minimum Gasteiger partial charge on any atom is -0.353 e. The van der Waals surface area contributed by atoms with E-state index < -0.39 is 0 Å². The SMILES string of the molecule is Cc1ccc(CC(=O)NC2CCN(C(=O)CC#N)CC2)cc1. The van der Waals surface area contributed by atoms with Gasteiger partial charge in [0, 0.05) is 19.1 Å². The number of carbonyl (C=O) groups excluding carboxylic acids is 2. The normalized spacial score (nSPS) is 15.2.